The smallest absolute Gasteiger partial charge is 0.322 e. The molecule has 0 saturated carbocycles. The van der Waals surface area contributed by atoms with Crippen LogP contribution in [0.1, 0.15) is 25.5 Å². The molecule has 1 N–H and O–H groups in total. The van der Waals surface area contributed by atoms with Crippen LogP contribution in [-0.2, 0) is 4.79 Å². The van der Waals surface area contributed by atoms with E-state index in [1.165, 1.54) is 4.90 Å². The molecular weight excluding hydrogens is 349 g/mol. The molecule has 0 unspecified atom stereocenters. The van der Waals surface area contributed by atoms with Crippen LogP contribution in [0.2, 0.25) is 10.0 Å². The SMILES string of the molecule is CC(C)CN1CC2=C(C1=O)[C@H](c1cccc(Cl)c1Cl)NC(=O)N2C. The summed E-state index contributed by atoms with van der Waals surface area (Å²) in [4.78, 5) is 28.5. The van der Waals surface area contributed by atoms with E-state index in [1.807, 2.05) is 0 Å². The van der Waals surface area contributed by atoms with Gasteiger partial charge in [0.1, 0.15) is 0 Å². The van der Waals surface area contributed by atoms with Crippen molar-refractivity contribution < 1.29 is 9.59 Å². The lowest BCUT2D eigenvalue weighted by molar-refractivity contribution is -0.126. The number of hydrogen-bond acceptors (Lipinski definition) is 2. The van der Waals surface area contributed by atoms with E-state index in [0.717, 1.165) is 5.70 Å². The van der Waals surface area contributed by atoms with Crippen molar-refractivity contribution in [2.75, 3.05) is 20.1 Å². The Kier molecular flexibility index (Phi) is 4.49. The molecule has 3 amide bonds. The number of carbonyl (C=O) groups excluding carboxylic acids is 2. The summed E-state index contributed by atoms with van der Waals surface area (Å²) in [5.41, 5.74) is 1.94. The van der Waals surface area contributed by atoms with Gasteiger partial charge >= 0.3 is 6.03 Å². The van der Waals surface area contributed by atoms with Crippen molar-refractivity contribution in [3.63, 3.8) is 0 Å². The fourth-order valence-corrected chi connectivity index (χ4v) is 3.61. The fourth-order valence-electron chi connectivity index (χ4n) is 3.19. The minimum atomic E-state index is -0.584. The quantitative estimate of drug-likeness (QED) is 0.889. The molecule has 0 fully saturated rings. The number of nitrogens with one attached hydrogen (secondary N) is 1. The van der Waals surface area contributed by atoms with Crippen molar-refractivity contribution in [1.29, 1.82) is 0 Å². The normalized spacial score (nSPS) is 20.8. The highest BCUT2D eigenvalue weighted by molar-refractivity contribution is 6.42. The highest BCUT2D eigenvalue weighted by Crippen LogP contribution is 2.39. The van der Waals surface area contributed by atoms with E-state index in [9.17, 15) is 9.59 Å². The Morgan fingerprint density at radius 3 is 2.67 bits per heavy atom. The number of urea groups is 1. The number of carbonyl (C=O) groups is 2. The van der Waals surface area contributed by atoms with Crippen molar-refractivity contribution in [2.45, 2.75) is 19.9 Å². The molecule has 0 aliphatic carbocycles. The lowest BCUT2D eigenvalue weighted by Gasteiger charge is -2.31. The Bertz CT molecular complexity index is 745. The lowest BCUT2D eigenvalue weighted by Crippen LogP contribution is -2.45. The molecular formula is C17H19Cl2N3O2. The maximum absolute atomic E-state index is 12.9. The van der Waals surface area contributed by atoms with E-state index >= 15 is 0 Å². The number of amides is 3. The monoisotopic (exact) mass is 367 g/mol. The molecule has 1 aromatic carbocycles. The predicted molar refractivity (Wildman–Crippen MR) is 93.9 cm³/mol. The van der Waals surface area contributed by atoms with Crippen LogP contribution in [-0.4, -0.2) is 41.9 Å². The van der Waals surface area contributed by atoms with Crippen LogP contribution in [0.4, 0.5) is 4.79 Å². The molecule has 1 aromatic rings. The van der Waals surface area contributed by atoms with Gasteiger partial charge < -0.3 is 10.2 Å². The Morgan fingerprint density at radius 2 is 2.00 bits per heavy atom. The summed E-state index contributed by atoms with van der Waals surface area (Å²) in [5, 5.41) is 3.62. The number of rotatable bonds is 3. The molecule has 1 atom stereocenters. The number of hydrogen-bond donors (Lipinski definition) is 1. The summed E-state index contributed by atoms with van der Waals surface area (Å²) in [5.74, 6) is 0.282. The van der Waals surface area contributed by atoms with Crippen molar-refractivity contribution >= 4 is 35.1 Å². The van der Waals surface area contributed by atoms with Crippen LogP contribution in [0.15, 0.2) is 29.5 Å². The highest BCUT2D eigenvalue weighted by atomic mass is 35.5. The number of halogens is 2. The summed E-state index contributed by atoms with van der Waals surface area (Å²) in [6, 6.07) is 4.39. The summed E-state index contributed by atoms with van der Waals surface area (Å²) < 4.78 is 0. The van der Waals surface area contributed by atoms with E-state index in [-0.39, 0.29) is 11.9 Å². The molecule has 0 saturated heterocycles. The molecule has 2 heterocycles. The van der Waals surface area contributed by atoms with Gasteiger partial charge in [-0.15, -0.1) is 0 Å². The van der Waals surface area contributed by atoms with Gasteiger partial charge in [0.15, 0.2) is 0 Å². The van der Waals surface area contributed by atoms with Crippen LogP contribution in [0.5, 0.6) is 0 Å². The second kappa shape index (κ2) is 6.30. The maximum Gasteiger partial charge on any atom is 0.322 e. The third kappa shape index (κ3) is 2.76. The zero-order chi connectivity index (χ0) is 17.6. The van der Waals surface area contributed by atoms with Crippen LogP contribution < -0.4 is 5.32 Å². The predicted octanol–water partition coefficient (Wildman–Crippen LogP) is 3.44. The van der Waals surface area contributed by atoms with E-state index in [1.54, 1.807) is 30.1 Å². The summed E-state index contributed by atoms with van der Waals surface area (Å²) >= 11 is 12.4. The zero-order valence-electron chi connectivity index (χ0n) is 13.8. The van der Waals surface area contributed by atoms with Gasteiger partial charge in [-0.2, -0.15) is 0 Å². The van der Waals surface area contributed by atoms with Gasteiger partial charge in [0.05, 0.1) is 33.9 Å². The fraction of sp³-hybridized carbons (Fsp3) is 0.412. The zero-order valence-corrected chi connectivity index (χ0v) is 15.3. The highest BCUT2D eigenvalue weighted by Gasteiger charge is 2.43. The molecule has 0 bridgehead atoms. The average Bonchev–Trinajstić information content (AvgIpc) is 2.83. The van der Waals surface area contributed by atoms with Crippen LogP contribution in [0, 0.1) is 5.92 Å². The van der Waals surface area contributed by atoms with E-state index in [2.05, 4.69) is 19.2 Å². The van der Waals surface area contributed by atoms with Gasteiger partial charge in [-0.25, -0.2) is 4.79 Å². The first-order chi connectivity index (χ1) is 11.3. The van der Waals surface area contributed by atoms with E-state index in [4.69, 9.17) is 23.2 Å². The van der Waals surface area contributed by atoms with Crippen LogP contribution in [0.3, 0.4) is 0 Å². The minimum absolute atomic E-state index is 0.0633. The molecule has 5 nitrogen and oxygen atoms in total. The standard InChI is InChI=1S/C17H19Cl2N3O2/c1-9(2)7-22-8-12-13(16(22)23)15(20-17(24)21(12)3)10-5-4-6-11(18)14(10)19/h4-6,9,15H,7-8H2,1-3H3,(H,20,24)/t15-/m0/s1. The minimum Gasteiger partial charge on any atom is -0.333 e. The second-order valence-electron chi connectivity index (χ2n) is 6.52. The average molecular weight is 368 g/mol. The first-order valence-electron chi connectivity index (χ1n) is 7.81. The Morgan fingerprint density at radius 1 is 1.29 bits per heavy atom. The third-order valence-corrected chi connectivity index (χ3v) is 5.15. The van der Waals surface area contributed by atoms with Crippen molar-refractivity contribution in [3.05, 3.63) is 45.1 Å². The summed E-state index contributed by atoms with van der Waals surface area (Å²) in [7, 11) is 1.67. The first-order valence-corrected chi connectivity index (χ1v) is 8.57. The molecule has 2 aliphatic rings. The van der Waals surface area contributed by atoms with Crippen molar-refractivity contribution in [3.8, 4) is 0 Å². The number of likely N-dealkylation sites (N-methyl/N-ethyl adjacent to an activating group) is 1. The topological polar surface area (TPSA) is 52.7 Å². The van der Waals surface area contributed by atoms with Gasteiger partial charge in [0.2, 0.25) is 0 Å². The molecule has 7 heteroatoms. The van der Waals surface area contributed by atoms with Gasteiger partial charge in [-0.1, -0.05) is 49.2 Å². The molecule has 128 valence electrons. The maximum atomic E-state index is 12.9. The van der Waals surface area contributed by atoms with E-state index in [0.29, 0.717) is 40.2 Å². The second-order valence-corrected chi connectivity index (χ2v) is 7.31. The van der Waals surface area contributed by atoms with Crippen molar-refractivity contribution in [2.24, 2.45) is 5.92 Å². The van der Waals surface area contributed by atoms with Gasteiger partial charge in [-0.05, 0) is 17.5 Å². The third-order valence-electron chi connectivity index (χ3n) is 4.31. The first kappa shape index (κ1) is 17.1. The molecule has 0 aromatic heterocycles. The summed E-state index contributed by atoms with van der Waals surface area (Å²) in [6.45, 7) is 5.20. The Balaban J connectivity index is 2.06. The number of benzene rings is 1. The summed E-state index contributed by atoms with van der Waals surface area (Å²) in [6.07, 6.45) is 0. The van der Waals surface area contributed by atoms with Crippen LogP contribution >= 0.6 is 23.2 Å². The lowest BCUT2D eigenvalue weighted by atomic mass is 9.95. The van der Waals surface area contributed by atoms with Gasteiger partial charge in [0, 0.05) is 13.6 Å². The Labute approximate surface area is 151 Å². The van der Waals surface area contributed by atoms with Crippen LogP contribution in [0.25, 0.3) is 0 Å². The van der Waals surface area contributed by atoms with E-state index < -0.39 is 6.04 Å². The molecule has 0 radical (unpaired) electrons. The number of nitrogens with zero attached hydrogens (tertiary/aromatic N) is 2. The molecule has 2 aliphatic heterocycles. The van der Waals surface area contributed by atoms with Gasteiger partial charge in [0.25, 0.3) is 5.91 Å². The Hall–Kier alpha value is -1.72. The largest absolute Gasteiger partial charge is 0.333 e. The molecule has 3 rings (SSSR count). The molecule has 24 heavy (non-hydrogen) atoms. The molecule has 0 spiro atoms. The van der Waals surface area contributed by atoms with Crippen molar-refractivity contribution in [1.82, 2.24) is 15.1 Å². The van der Waals surface area contributed by atoms with Gasteiger partial charge in [-0.3, -0.25) is 9.69 Å².